The quantitative estimate of drug-likeness (QED) is 0.117. The van der Waals surface area contributed by atoms with Crippen LogP contribution in [0.3, 0.4) is 0 Å². The van der Waals surface area contributed by atoms with E-state index in [0.717, 1.165) is 6.42 Å². The van der Waals surface area contributed by atoms with Crippen molar-refractivity contribution in [2.24, 2.45) is 0 Å². The molecule has 32 heavy (non-hydrogen) atoms. The lowest BCUT2D eigenvalue weighted by atomic mass is 9.99. The van der Waals surface area contributed by atoms with Crippen LogP contribution in [0.4, 0.5) is 0 Å². The van der Waals surface area contributed by atoms with Crippen LogP contribution in [0, 0.1) is 11.8 Å². The Morgan fingerprint density at radius 3 is 2.44 bits per heavy atom. The second-order valence-electron chi connectivity index (χ2n) is 7.31. The summed E-state index contributed by atoms with van der Waals surface area (Å²) in [6.45, 7) is -0.376. The maximum absolute atomic E-state index is 11.9. The second-order valence-corrected chi connectivity index (χ2v) is 7.31. The van der Waals surface area contributed by atoms with Crippen LogP contribution in [0.15, 0.2) is 11.5 Å². The summed E-state index contributed by atoms with van der Waals surface area (Å²) in [5.41, 5.74) is 0. The Labute approximate surface area is 184 Å². The molecule has 0 aliphatic carbocycles. The summed E-state index contributed by atoms with van der Waals surface area (Å²) in [5, 5.41) is 69.3. The molecule has 12 heteroatoms. The minimum absolute atomic E-state index is 0.0777. The Morgan fingerprint density at radius 2 is 1.84 bits per heavy atom. The van der Waals surface area contributed by atoms with E-state index in [4.69, 9.17) is 18.9 Å². The monoisotopic (exact) mass is 462 g/mol. The molecular weight excluding hydrogens is 432 g/mol. The summed E-state index contributed by atoms with van der Waals surface area (Å²) >= 11 is 0. The van der Waals surface area contributed by atoms with Gasteiger partial charge in [0, 0.05) is 19.3 Å². The Hall–Kier alpha value is -1.95. The number of carbonyl (C=O) groups is 1. The molecule has 0 aromatic rings. The molecule has 12 nitrogen and oxygen atoms in total. The summed E-state index contributed by atoms with van der Waals surface area (Å²) in [4.78, 5) is 11.9. The number of aliphatic hydroxyl groups is 7. The molecule has 0 bridgehead atoms. The van der Waals surface area contributed by atoms with Crippen molar-refractivity contribution in [2.75, 3.05) is 19.8 Å². The maximum atomic E-state index is 11.9. The highest BCUT2D eigenvalue weighted by molar-refractivity contribution is 5.69. The fraction of sp³-hybridized carbons (Fsp3) is 0.750. The van der Waals surface area contributed by atoms with Gasteiger partial charge in [0.15, 0.2) is 17.8 Å². The zero-order valence-electron chi connectivity index (χ0n) is 17.6. The van der Waals surface area contributed by atoms with E-state index in [1.54, 1.807) is 0 Å². The van der Waals surface area contributed by atoms with E-state index in [1.807, 2.05) is 6.92 Å². The molecule has 2 aliphatic rings. The van der Waals surface area contributed by atoms with Crippen LogP contribution in [-0.4, -0.2) is 104 Å². The third kappa shape index (κ3) is 5.89. The number of aliphatic hydroxyl groups excluding tert-OH is 7. The molecule has 7 N–H and O–H groups in total. The van der Waals surface area contributed by atoms with Crippen molar-refractivity contribution in [3.05, 3.63) is 11.5 Å². The van der Waals surface area contributed by atoms with Crippen molar-refractivity contribution in [2.45, 2.75) is 75.2 Å². The smallest absolute Gasteiger partial charge is 0.305 e. The number of unbranched alkanes of at least 4 members (excludes halogenated alkanes) is 1. The molecule has 2 aliphatic heterocycles. The molecule has 0 spiro atoms. The van der Waals surface area contributed by atoms with Gasteiger partial charge in [0.05, 0.1) is 6.61 Å². The van der Waals surface area contributed by atoms with E-state index in [-0.39, 0.29) is 6.42 Å². The number of ether oxygens (including phenoxy) is 4. The molecule has 0 aromatic carbocycles. The Bertz CT molecular complexity index is 728. The van der Waals surface area contributed by atoms with E-state index in [0.29, 0.717) is 12.8 Å². The van der Waals surface area contributed by atoms with Gasteiger partial charge in [-0.2, -0.15) is 0 Å². The van der Waals surface area contributed by atoms with Crippen molar-refractivity contribution in [1.29, 1.82) is 0 Å². The van der Waals surface area contributed by atoms with Crippen LogP contribution in [0.25, 0.3) is 0 Å². The fourth-order valence-electron chi connectivity index (χ4n) is 3.17. The average molecular weight is 462 g/mol. The zero-order valence-corrected chi connectivity index (χ0v) is 17.6. The number of esters is 1. The highest BCUT2D eigenvalue weighted by atomic mass is 16.8. The van der Waals surface area contributed by atoms with Crippen molar-refractivity contribution in [1.82, 2.24) is 0 Å². The molecule has 0 saturated carbocycles. The minimum Gasteiger partial charge on any atom is -0.506 e. The normalized spacial score (nSPS) is 34.8. The predicted molar refractivity (Wildman–Crippen MR) is 105 cm³/mol. The highest BCUT2D eigenvalue weighted by Gasteiger charge is 2.54. The van der Waals surface area contributed by atoms with Gasteiger partial charge in [-0.1, -0.05) is 6.92 Å². The van der Waals surface area contributed by atoms with Crippen molar-refractivity contribution in [3.63, 3.8) is 0 Å². The summed E-state index contributed by atoms with van der Waals surface area (Å²) in [6.07, 6.45) is -8.02. The highest BCUT2D eigenvalue weighted by Crippen LogP contribution is 2.37. The molecule has 2 rings (SSSR count). The lowest BCUT2D eigenvalue weighted by Crippen LogP contribution is -2.61. The van der Waals surface area contributed by atoms with E-state index in [1.165, 1.54) is 0 Å². The van der Waals surface area contributed by atoms with Gasteiger partial charge in [0.2, 0.25) is 0 Å². The number of rotatable bonds is 9. The van der Waals surface area contributed by atoms with E-state index in [2.05, 4.69) is 11.8 Å². The lowest BCUT2D eigenvalue weighted by Gasteiger charge is -2.42. The average Bonchev–Trinajstić information content (AvgIpc) is 3.03. The lowest BCUT2D eigenvalue weighted by molar-refractivity contribution is -0.370. The first-order valence-corrected chi connectivity index (χ1v) is 10.2. The van der Waals surface area contributed by atoms with Gasteiger partial charge in [0.1, 0.15) is 43.7 Å². The third-order valence-corrected chi connectivity index (χ3v) is 4.98. The first-order valence-electron chi connectivity index (χ1n) is 10.2. The predicted octanol–water partition coefficient (Wildman–Crippen LogP) is -1.66. The van der Waals surface area contributed by atoms with Crippen LogP contribution in [0.2, 0.25) is 0 Å². The molecular formula is C20H30O12. The van der Waals surface area contributed by atoms with Gasteiger partial charge in [-0.15, -0.1) is 11.8 Å². The Balaban J connectivity index is 2.00. The summed E-state index contributed by atoms with van der Waals surface area (Å²) < 4.78 is 20.9. The molecule has 1 fully saturated rings. The van der Waals surface area contributed by atoms with Crippen LogP contribution >= 0.6 is 0 Å². The van der Waals surface area contributed by atoms with Gasteiger partial charge in [-0.3, -0.25) is 4.79 Å². The second kappa shape index (κ2) is 11.8. The number of hydrogen-bond donors (Lipinski definition) is 7. The molecule has 0 amide bonds. The molecule has 7 atom stereocenters. The zero-order chi connectivity index (χ0) is 23.9. The van der Waals surface area contributed by atoms with Gasteiger partial charge >= 0.3 is 5.97 Å². The van der Waals surface area contributed by atoms with E-state index in [9.17, 15) is 40.5 Å². The summed E-state index contributed by atoms with van der Waals surface area (Å²) in [6, 6.07) is 0. The largest absolute Gasteiger partial charge is 0.506 e. The SMILES string of the molecule is CCC#CCCCC(=O)OC[C@H]1O[C@H](O[C@]2(CO)O[C@H](CO)C(O)=C2O)[C@H](O)[C@@H](O)[C@@H]1O. The van der Waals surface area contributed by atoms with Gasteiger partial charge in [-0.05, 0) is 6.42 Å². The van der Waals surface area contributed by atoms with Gasteiger partial charge in [0.25, 0.3) is 5.79 Å². The molecule has 182 valence electrons. The molecule has 2 heterocycles. The Kier molecular flexibility index (Phi) is 9.68. The topological polar surface area (TPSA) is 196 Å². The van der Waals surface area contributed by atoms with E-state index < -0.39 is 79.9 Å². The summed E-state index contributed by atoms with van der Waals surface area (Å²) in [5.74, 6) is 1.04. The van der Waals surface area contributed by atoms with E-state index >= 15 is 0 Å². The van der Waals surface area contributed by atoms with Crippen molar-refractivity contribution < 1.29 is 59.5 Å². The van der Waals surface area contributed by atoms with Crippen molar-refractivity contribution in [3.8, 4) is 11.8 Å². The van der Waals surface area contributed by atoms with Crippen molar-refractivity contribution >= 4 is 5.97 Å². The van der Waals surface area contributed by atoms with Gasteiger partial charge < -0.3 is 54.7 Å². The first kappa shape index (κ1) is 26.3. The fourth-order valence-corrected chi connectivity index (χ4v) is 3.17. The van der Waals surface area contributed by atoms with Crippen LogP contribution in [0.1, 0.15) is 32.6 Å². The first-order chi connectivity index (χ1) is 15.2. The molecule has 0 aromatic heterocycles. The molecule has 1 saturated heterocycles. The Morgan fingerprint density at radius 1 is 1.12 bits per heavy atom. The molecule has 0 radical (unpaired) electrons. The number of carbonyl (C=O) groups excluding carboxylic acids is 1. The minimum atomic E-state index is -2.40. The third-order valence-electron chi connectivity index (χ3n) is 4.98. The summed E-state index contributed by atoms with van der Waals surface area (Å²) in [7, 11) is 0. The van der Waals surface area contributed by atoms with Crippen LogP contribution in [0.5, 0.6) is 0 Å². The maximum Gasteiger partial charge on any atom is 0.305 e. The van der Waals surface area contributed by atoms with Crippen LogP contribution in [-0.2, 0) is 23.7 Å². The van der Waals surface area contributed by atoms with Gasteiger partial charge in [-0.25, -0.2) is 0 Å². The number of hydrogen-bond acceptors (Lipinski definition) is 12. The molecule has 0 unspecified atom stereocenters. The standard InChI is InChI=1S/C20H30O12/c1-2-3-4-5-6-7-13(23)29-9-12-14(24)16(26)17(27)19(30-12)32-20(10-22)18(28)15(25)11(8-21)31-20/h11-12,14,16-17,19,21-22,24-28H,2,5-10H2,1H3/t11-,12-,14-,16+,17-,19-,20+/m1/s1. The van der Waals surface area contributed by atoms with Crippen LogP contribution < -0.4 is 0 Å².